The molecule has 2 N–H and O–H groups in total. The fourth-order valence-electron chi connectivity index (χ4n) is 1.79. The fraction of sp³-hybridized carbons (Fsp3) is 0.429. The van der Waals surface area contributed by atoms with Crippen LogP contribution in [0.4, 0.5) is 0 Å². The number of hydrogen-bond donors (Lipinski definition) is 1. The Morgan fingerprint density at radius 3 is 2.85 bits per heavy atom. The first-order chi connectivity index (χ1) is 9.69. The molecule has 0 saturated heterocycles. The molecule has 0 aliphatic rings. The van der Waals surface area contributed by atoms with Gasteiger partial charge in [-0.25, -0.2) is 0 Å². The lowest BCUT2D eigenvalue weighted by Crippen LogP contribution is -2.24. The van der Waals surface area contributed by atoms with Crippen molar-refractivity contribution in [3.63, 3.8) is 0 Å². The van der Waals surface area contributed by atoms with Gasteiger partial charge in [-0.2, -0.15) is 4.98 Å². The second-order valence-corrected chi connectivity index (χ2v) is 4.66. The predicted octanol–water partition coefficient (Wildman–Crippen LogP) is 1.35. The Balaban J connectivity index is 1.75. The van der Waals surface area contributed by atoms with Crippen LogP contribution in [0.5, 0.6) is 5.75 Å². The van der Waals surface area contributed by atoms with Crippen molar-refractivity contribution in [1.82, 2.24) is 15.0 Å². The summed E-state index contributed by atoms with van der Waals surface area (Å²) in [7, 11) is 1.99. The molecule has 0 fully saturated rings. The quantitative estimate of drug-likeness (QED) is 0.822. The van der Waals surface area contributed by atoms with Crippen LogP contribution in [0.15, 0.2) is 28.8 Å². The molecule has 1 aromatic carbocycles. The van der Waals surface area contributed by atoms with Gasteiger partial charge in [0.2, 0.25) is 5.89 Å². The summed E-state index contributed by atoms with van der Waals surface area (Å²) in [6.45, 7) is 4.31. The first-order valence-corrected chi connectivity index (χ1v) is 6.57. The van der Waals surface area contributed by atoms with E-state index < -0.39 is 0 Å². The van der Waals surface area contributed by atoms with Crippen LogP contribution in [0.2, 0.25) is 0 Å². The molecular weight excluding hydrogens is 256 g/mol. The molecular formula is C14H20N4O2. The van der Waals surface area contributed by atoms with Gasteiger partial charge in [-0.15, -0.1) is 0 Å². The van der Waals surface area contributed by atoms with Gasteiger partial charge in [0.05, 0.1) is 13.1 Å². The maximum absolute atomic E-state index is 5.75. The van der Waals surface area contributed by atoms with Gasteiger partial charge in [-0.3, -0.25) is 4.90 Å². The Hall–Kier alpha value is -1.92. The van der Waals surface area contributed by atoms with Gasteiger partial charge in [0.25, 0.3) is 0 Å². The molecule has 0 atom stereocenters. The summed E-state index contributed by atoms with van der Waals surface area (Å²) in [5.41, 5.74) is 6.56. The highest BCUT2D eigenvalue weighted by atomic mass is 16.5. The molecule has 6 heteroatoms. The Morgan fingerprint density at radius 1 is 1.35 bits per heavy atom. The molecule has 1 aromatic heterocycles. The summed E-state index contributed by atoms with van der Waals surface area (Å²) in [5, 5.41) is 3.86. The first-order valence-electron chi connectivity index (χ1n) is 6.57. The van der Waals surface area contributed by atoms with Gasteiger partial charge in [0.1, 0.15) is 12.4 Å². The lowest BCUT2D eigenvalue weighted by atomic mass is 10.2. The summed E-state index contributed by atoms with van der Waals surface area (Å²) < 4.78 is 10.7. The van der Waals surface area contributed by atoms with E-state index in [9.17, 15) is 0 Å². The summed E-state index contributed by atoms with van der Waals surface area (Å²) in [6, 6.07) is 7.98. The number of likely N-dealkylation sites (N-methyl/N-ethyl adjacent to an activating group) is 1. The van der Waals surface area contributed by atoms with E-state index in [2.05, 4.69) is 15.0 Å². The highest BCUT2D eigenvalue weighted by Gasteiger charge is 2.08. The molecule has 0 spiro atoms. The Labute approximate surface area is 118 Å². The molecule has 20 heavy (non-hydrogen) atoms. The highest BCUT2D eigenvalue weighted by Crippen LogP contribution is 2.15. The fourth-order valence-corrected chi connectivity index (χ4v) is 1.79. The molecule has 0 aliphatic carbocycles. The maximum Gasteiger partial charge on any atom is 0.240 e. The van der Waals surface area contributed by atoms with Crippen LogP contribution in [0.1, 0.15) is 17.3 Å². The second-order valence-electron chi connectivity index (χ2n) is 4.66. The van der Waals surface area contributed by atoms with Crippen LogP contribution in [-0.2, 0) is 13.1 Å². The zero-order valence-electron chi connectivity index (χ0n) is 11.9. The number of nitrogens with zero attached hydrogens (tertiary/aromatic N) is 3. The van der Waals surface area contributed by atoms with Crippen molar-refractivity contribution >= 4 is 0 Å². The molecule has 0 bridgehead atoms. The van der Waals surface area contributed by atoms with Crippen LogP contribution in [-0.4, -0.2) is 35.2 Å². The van der Waals surface area contributed by atoms with Gasteiger partial charge >= 0.3 is 0 Å². The lowest BCUT2D eigenvalue weighted by molar-refractivity contribution is 0.227. The molecule has 2 rings (SSSR count). The van der Waals surface area contributed by atoms with Crippen molar-refractivity contribution in [2.45, 2.75) is 20.0 Å². The predicted molar refractivity (Wildman–Crippen MR) is 75.2 cm³/mol. The van der Waals surface area contributed by atoms with Gasteiger partial charge < -0.3 is 15.0 Å². The summed E-state index contributed by atoms with van der Waals surface area (Å²) in [5.74, 6) is 2.03. The normalized spacial score (nSPS) is 11.0. The number of aryl methyl sites for hydroxylation is 1. The number of benzene rings is 1. The molecule has 0 saturated carbocycles. The summed E-state index contributed by atoms with van der Waals surface area (Å²) in [4.78, 5) is 6.24. The van der Waals surface area contributed by atoms with E-state index >= 15 is 0 Å². The smallest absolute Gasteiger partial charge is 0.240 e. The van der Waals surface area contributed by atoms with Crippen LogP contribution in [0.25, 0.3) is 0 Å². The Kier molecular flexibility index (Phi) is 5.09. The van der Waals surface area contributed by atoms with Crippen molar-refractivity contribution in [3.05, 3.63) is 41.5 Å². The van der Waals surface area contributed by atoms with E-state index in [-0.39, 0.29) is 6.54 Å². The zero-order valence-corrected chi connectivity index (χ0v) is 11.9. The van der Waals surface area contributed by atoms with E-state index in [0.29, 0.717) is 24.9 Å². The maximum atomic E-state index is 5.75. The van der Waals surface area contributed by atoms with Gasteiger partial charge in [0.15, 0.2) is 5.82 Å². The lowest BCUT2D eigenvalue weighted by Gasteiger charge is -2.15. The highest BCUT2D eigenvalue weighted by molar-refractivity contribution is 5.31. The average Bonchev–Trinajstić information content (AvgIpc) is 2.88. The van der Waals surface area contributed by atoms with Crippen molar-refractivity contribution in [1.29, 1.82) is 0 Å². The third-order valence-electron chi connectivity index (χ3n) is 2.92. The Bertz CT molecular complexity index is 541. The standard InChI is InChI=1S/C14H20N4O2/c1-11-5-3-4-6-12(11)19-8-7-18(2)10-13-16-14(9-15)20-17-13/h3-6H,7-10,15H2,1-2H3. The topological polar surface area (TPSA) is 77.4 Å². The van der Waals surface area contributed by atoms with E-state index in [0.717, 1.165) is 17.9 Å². The van der Waals surface area contributed by atoms with E-state index in [1.165, 1.54) is 0 Å². The van der Waals surface area contributed by atoms with Crippen LogP contribution < -0.4 is 10.5 Å². The van der Waals surface area contributed by atoms with Gasteiger partial charge in [-0.05, 0) is 25.6 Å². The largest absolute Gasteiger partial charge is 0.492 e. The van der Waals surface area contributed by atoms with Gasteiger partial charge in [0, 0.05) is 6.54 Å². The molecule has 0 unspecified atom stereocenters. The minimum atomic E-state index is 0.271. The van der Waals surface area contributed by atoms with E-state index in [4.69, 9.17) is 15.0 Å². The molecule has 108 valence electrons. The number of para-hydroxylation sites is 1. The minimum Gasteiger partial charge on any atom is -0.492 e. The number of rotatable bonds is 7. The molecule has 2 aromatic rings. The molecule has 0 aliphatic heterocycles. The van der Waals surface area contributed by atoms with Crippen LogP contribution in [0.3, 0.4) is 0 Å². The summed E-state index contributed by atoms with van der Waals surface area (Å²) in [6.07, 6.45) is 0. The molecule has 6 nitrogen and oxygen atoms in total. The third-order valence-corrected chi connectivity index (χ3v) is 2.92. The average molecular weight is 276 g/mol. The zero-order chi connectivity index (χ0) is 14.4. The number of aromatic nitrogens is 2. The first kappa shape index (κ1) is 14.5. The number of nitrogens with two attached hydrogens (primary N) is 1. The van der Waals surface area contributed by atoms with Crippen LogP contribution in [0, 0.1) is 6.92 Å². The van der Waals surface area contributed by atoms with Crippen molar-refractivity contribution in [2.24, 2.45) is 5.73 Å². The van der Waals surface area contributed by atoms with Crippen molar-refractivity contribution in [2.75, 3.05) is 20.2 Å². The van der Waals surface area contributed by atoms with E-state index in [1.807, 2.05) is 38.2 Å². The van der Waals surface area contributed by atoms with Crippen molar-refractivity contribution < 1.29 is 9.26 Å². The summed E-state index contributed by atoms with van der Waals surface area (Å²) >= 11 is 0. The van der Waals surface area contributed by atoms with Crippen LogP contribution >= 0.6 is 0 Å². The SMILES string of the molecule is Cc1ccccc1OCCN(C)Cc1noc(CN)n1. The molecule has 0 amide bonds. The Morgan fingerprint density at radius 2 is 2.15 bits per heavy atom. The van der Waals surface area contributed by atoms with Crippen molar-refractivity contribution in [3.8, 4) is 5.75 Å². The molecule has 0 radical (unpaired) electrons. The minimum absolute atomic E-state index is 0.271. The van der Waals surface area contributed by atoms with E-state index in [1.54, 1.807) is 0 Å². The second kappa shape index (κ2) is 7.02. The molecule has 1 heterocycles. The monoisotopic (exact) mass is 276 g/mol. The third kappa shape index (κ3) is 4.04. The number of hydrogen-bond acceptors (Lipinski definition) is 6. The number of ether oxygens (including phenoxy) is 1. The van der Waals surface area contributed by atoms with Gasteiger partial charge in [-0.1, -0.05) is 23.4 Å².